The van der Waals surface area contributed by atoms with Gasteiger partial charge in [-0.05, 0) is 68.9 Å². The number of nitrogens with one attached hydrogen (secondary N) is 2. The SMILES string of the molecule is Cc1cc(S(=O)(=O)CCCO[C@H]2C=C[C@H](C=O)CC2)ccc1NC1N=Cc2cc(Cl)c(=O)n(C3CCCC3)c2N1. The minimum Gasteiger partial charge on any atom is -0.374 e. The van der Waals surface area contributed by atoms with Crippen LogP contribution in [0.4, 0.5) is 11.5 Å². The number of ether oxygens (including phenoxy) is 1. The highest BCUT2D eigenvalue weighted by molar-refractivity contribution is 7.91. The number of fused-ring (bicyclic) bond motifs is 1. The van der Waals surface area contributed by atoms with Crippen LogP contribution in [-0.4, -0.2) is 50.2 Å². The third kappa shape index (κ3) is 6.34. The van der Waals surface area contributed by atoms with Crippen molar-refractivity contribution in [2.24, 2.45) is 10.9 Å². The molecule has 9 nitrogen and oxygen atoms in total. The van der Waals surface area contributed by atoms with E-state index in [2.05, 4.69) is 15.6 Å². The lowest BCUT2D eigenvalue weighted by Gasteiger charge is -2.29. The van der Waals surface area contributed by atoms with E-state index < -0.39 is 16.1 Å². The number of carbonyl (C=O) groups is 1. The van der Waals surface area contributed by atoms with Gasteiger partial charge < -0.3 is 20.2 Å². The minimum atomic E-state index is -3.48. The molecule has 0 saturated heterocycles. The van der Waals surface area contributed by atoms with Crippen LogP contribution in [0.2, 0.25) is 5.02 Å². The molecule has 0 spiro atoms. The summed E-state index contributed by atoms with van der Waals surface area (Å²) in [4.78, 5) is 28.6. The number of allylic oxidation sites excluding steroid dienone is 1. The van der Waals surface area contributed by atoms with Crippen molar-refractivity contribution in [3.63, 3.8) is 0 Å². The zero-order chi connectivity index (χ0) is 28.3. The number of halogens is 1. The molecular formula is C29H35ClN4O5S. The topological polar surface area (TPSA) is 119 Å². The van der Waals surface area contributed by atoms with E-state index in [1.807, 2.05) is 19.1 Å². The molecule has 1 aromatic heterocycles. The largest absolute Gasteiger partial charge is 0.374 e. The van der Waals surface area contributed by atoms with Gasteiger partial charge in [-0.1, -0.05) is 36.6 Å². The molecule has 0 radical (unpaired) electrons. The van der Waals surface area contributed by atoms with Gasteiger partial charge in [-0.2, -0.15) is 0 Å². The normalized spacial score (nSPS) is 22.6. The van der Waals surface area contributed by atoms with E-state index >= 15 is 0 Å². The number of aryl methyl sites for hydroxylation is 1. The van der Waals surface area contributed by atoms with Gasteiger partial charge in [0.05, 0.1) is 16.8 Å². The zero-order valence-corrected chi connectivity index (χ0v) is 24.1. The lowest BCUT2D eigenvalue weighted by molar-refractivity contribution is -0.110. The highest BCUT2D eigenvalue weighted by Crippen LogP contribution is 2.34. The van der Waals surface area contributed by atoms with Crippen LogP contribution in [0.25, 0.3) is 0 Å². The number of aromatic nitrogens is 1. The monoisotopic (exact) mass is 586 g/mol. The van der Waals surface area contributed by atoms with Crippen LogP contribution in [0.1, 0.15) is 62.1 Å². The molecule has 2 heterocycles. The number of rotatable bonds is 10. The Morgan fingerprint density at radius 3 is 2.67 bits per heavy atom. The van der Waals surface area contributed by atoms with Gasteiger partial charge in [-0.15, -0.1) is 0 Å². The second kappa shape index (κ2) is 12.3. The number of hydrogen-bond donors (Lipinski definition) is 2. The molecule has 3 aliphatic rings. The summed E-state index contributed by atoms with van der Waals surface area (Å²) in [6.07, 6.45) is 11.7. The van der Waals surface area contributed by atoms with Crippen LogP contribution in [-0.2, 0) is 19.4 Å². The van der Waals surface area contributed by atoms with Gasteiger partial charge in [0.15, 0.2) is 16.1 Å². The van der Waals surface area contributed by atoms with Crippen molar-refractivity contribution in [3.8, 4) is 0 Å². The van der Waals surface area contributed by atoms with E-state index in [4.69, 9.17) is 16.3 Å². The van der Waals surface area contributed by atoms with Gasteiger partial charge in [0.1, 0.15) is 17.1 Å². The first-order chi connectivity index (χ1) is 19.2. The van der Waals surface area contributed by atoms with Crippen LogP contribution in [0.3, 0.4) is 0 Å². The highest BCUT2D eigenvalue weighted by Gasteiger charge is 2.27. The molecule has 40 heavy (non-hydrogen) atoms. The lowest BCUT2D eigenvalue weighted by atomic mass is 9.95. The van der Waals surface area contributed by atoms with Crippen LogP contribution >= 0.6 is 11.6 Å². The predicted molar refractivity (Wildman–Crippen MR) is 157 cm³/mol. The van der Waals surface area contributed by atoms with Crippen molar-refractivity contribution < 1.29 is 17.9 Å². The Kier molecular flexibility index (Phi) is 8.77. The summed E-state index contributed by atoms with van der Waals surface area (Å²) in [5.41, 5.74) is 2.07. The van der Waals surface area contributed by atoms with E-state index in [9.17, 15) is 18.0 Å². The van der Waals surface area contributed by atoms with E-state index in [0.29, 0.717) is 18.8 Å². The average Bonchev–Trinajstić information content (AvgIpc) is 3.48. The first-order valence-corrected chi connectivity index (χ1v) is 15.9. The Labute approximate surface area is 239 Å². The maximum Gasteiger partial charge on any atom is 0.271 e. The smallest absolute Gasteiger partial charge is 0.271 e. The second-order valence-electron chi connectivity index (χ2n) is 10.7. The number of carbonyl (C=O) groups excluding carboxylic acids is 1. The van der Waals surface area contributed by atoms with Crippen molar-refractivity contribution in [2.45, 2.75) is 75.2 Å². The predicted octanol–water partition coefficient (Wildman–Crippen LogP) is 4.88. The number of nitrogens with zero attached hydrogens (tertiary/aromatic N) is 2. The van der Waals surface area contributed by atoms with Gasteiger partial charge in [-0.3, -0.25) is 9.36 Å². The number of aliphatic imine (C=N–C) groups is 1. The summed E-state index contributed by atoms with van der Waals surface area (Å²) >= 11 is 6.25. The maximum absolute atomic E-state index is 13.0. The fourth-order valence-electron chi connectivity index (χ4n) is 5.59. The number of aldehydes is 1. The second-order valence-corrected chi connectivity index (χ2v) is 13.2. The lowest BCUT2D eigenvalue weighted by Crippen LogP contribution is -2.36. The van der Waals surface area contributed by atoms with E-state index in [1.54, 1.807) is 35.0 Å². The van der Waals surface area contributed by atoms with Gasteiger partial charge in [0.2, 0.25) is 0 Å². The standard InChI is InChI=1S/C29H35ClN4O5S/c1-19-15-24(40(37,38)14-4-13-39-23-9-7-20(18-35)8-10-23)11-12-26(19)32-29-31-17-21-16-25(30)28(36)34(27(21)33-29)22-5-2-3-6-22/h7,9,11-12,15-18,20,22-23,29,32-33H,2-6,8,10,13-14H2,1H3/t20-,23-,29?/m0/s1. The Hall–Kier alpha value is -2.95. The Morgan fingerprint density at radius 1 is 1.18 bits per heavy atom. The molecule has 2 aromatic rings. The quantitative estimate of drug-likeness (QED) is 0.231. The molecule has 1 aliphatic heterocycles. The molecule has 1 fully saturated rings. The first kappa shape index (κ1) is 28.6. The highest BCUT2D eigenvalue weighted by atomic mass is 35.5. The molecule has 0 bridgehead atoms. The fourth-order valence-corrected chi connectivity index (χ4v) is 7.16. The Bertz CT molecular complexity index is 1480. The number of benzene rings is 1. The van der Waals surface area contributed by atoms with E-state index in [0.717, 1.165) is 61.6 Å². The summed E-state index contributed by atoms with van der Waals surface area (Å²) in [5, 5.41) is 6.84. The summed E-state index contributed by atoms with van der Waals surface area (Å²) < 4.78 is 33.5. The maximum atomic E-state index is 13.0. The van der Waals surface area contributed by atoms with Crippen LogP contribution < -0.4 is 16.2 Å². The summed E-state index contributed by atoms with van der Waals surface area (Å²) in [5.74, 6) is 0.634. The number of hydrogen-bond acceptors (Lipinski definition) is 8. The molecule has 0 amide bonds. The fraction of sp³-hybridized carbons (Fsp3) is 0.483. The van der Waals surface area contributed by atoms with Crippen molar-refractivity contribution in [3.05, 3.63) is 62.9 Å². The van der Waals surface area contributed by atoms with Gasteiger partial charge >= 0.3 is 0 Å². The minimum absolute atomic E-state index is 0.0148. The van der Waals surface area contributed by atoms with E-state index in [-0.39, 0.29) is 39.3 Å². The zero-order valence-electron chi connectivity index (χ0n) is 22.5. The third-order valence-electron chi connectivity index (χ3n) is 7.82. The van der Waals surface area contributed by atoms with E-state index in [1.165, 1.54) is 0 Å². The first-order valence-electron chi connectivity index (χ1n) is 13.8. The molecule has 1 aromatic carbocycles. The van der Waals surface area contributed by atoms with Gasteiger partial charge in [-0.25, -0.2) is 13.4 Å². The molecule has 214 valence electrons. The van der Waals surface area contributed by atoms with Crippen molar-refractivity contribution >= 4 is 45.4 Å². The average molecular weight is 587 g/mol. The van der Waals surface area contributed by atoms with Crippen LogP contribution in [0.15, 0.2) is 51.1 Å². The molecule has 1 saturated carbocycles. The number of sulfone groups is 1. The Morgan fingerprint density at radius 2 is 1.98 bits per heavy atom. The number of pyridine rings is 1. The van der Waals surface area contributed by atoms with Crippen molar-refractivity contribution in [1.29, 1.82) is 0 Å². The van der Waals surface area contributed by atoms with Gasteiger partial charge in [0.25, 0.3) is 5.56 Å². The molecule has 11 heteroatoms. The van der Waals surface area contributed by atoms with Crippen molar-refractivity contribution in [1.82, 2.24) is 4.57 Å². The molecule has 5 rings (SSSR count). The summed E-state index contributed by atoms with van der Waals surface area (Å²) in [6.45, 7) is 2.18. The van der Waals surface area contributed by atoms with Crippen LogP contribution in [0, 0.1) is 12.8 Å². The van der Waals surface area contributed by atoms with Crippen LogP contribution in [0.5, 0.6) is 0 Å². The van der Waals surface area contributed by atoms with Crippen molar-refractivity contribution in [2.75, 3.05) is 23.0 Å². The Balaban J connectivity index is 1.21. The third-order valence-corrected chi connectivity index (χ3v) is 9.89. The number of anilines is 2. The summed E-state index contributed by atoms with van der Waals surface area (Å²) in [6, 6.07) is 6.75. The molecule has 2 N–H and O–H groups in total. The molecular weight excluding hydrogens is 552 g/mol. The molecule has 1 unspecified atom stereocenters. The molecule has 3 atom stereocenters. The molecule has 2 aliphatic carbocycles. The summed E-state index contributed by atoms with van der Waals surface area (Å²) in [7, 11) is -3.48. The van der Waals surface area contributed by atoms with Gasteiger partial charge in [0, 0.05) is 36.0 Å².